The van der Waals surface area contributed by atoms with Crippen molar-refractivity contribution in [3.05, 3.63) is 30.6 Å². The van der Waals surface area contributed by atoms with E-state index in [2.05, 4.69) is 9.97 Å². The molecule has 0 radical (unpaired) electrons. The number of fused-ring (bicyclic) bond motifs is 2. The zero-order valence-electron chi connectivity index (χ0n) is 10.4. The molecular weight excluding hydrogens is 244 g/mol. The van der Waals surface area contributed by atoms with E-state index < -0.39 is 0 Å². The van der Waals surface area contributed by atoms with Gasteiger partial charge >= 0.3 is 6.09 Å². The highest BCUT2D eigenvalue weighted by Crippen LogP contribution is 2.33. The van der Waals surface area contributed by atoms with Gasteiger partial charge in [0.2, 0.25) is 0 Å². The Labute approximate surface area is 110 Å². The van der Waals surface area contributed by atoms with Gasteiger partial charge in [-0.1, -0.05) is 0 Å². The van der Waals surface area contributed by atoms with Crippen LogP contribution in [0.1, 0.15) is 24.5 Å². The van der Waals surface area contributed by atoms with Crippen molar-refractivity contribution in [2.45, 2.75) is 24.8 Å². The van der Waals surface area contributed by atoms with Gasteiger partial charge in [0.25, 0.3) is 0 Å². The lowest BCUT2D eigenvalue weighted by Gasteiger charge is -2.31. The first-order valence-corrected chi connectivity index (χ1v) is 6.53. The highest BCUT2D eigenvalue weighted by atomic mass is 16.6. The Balaban J connectivity index is 1.68. The van der Waals surface area contributed by atoms with E-state index in [1.807, 2.05) is 21.7 Å². The van der Waals surface area contributed by atoms with Gasteiger partial charge in [-0.05, 0) is 12.8 Å². The predicted octanol–water partition coefficient (Wildman–Crippen LogP) is 1.43. The van der Waals surface area contributed by atoms with Crippen LogP contribution in [0, 0.1) is 0 Å². The molecule has 0 N–H and O–H groups in total. The average Bonchev–Trinajstić information content (AvgIpc) is 3.03. The van der Waals surface area contributed by atoms with E-state index in [1.165, 1.54) is 0 Å². The number of imidazole rings is 1. The van der Waals surface area contributed by atoms with Gasteiger partial charge in [0.1, 0.15) is 6.61 Å². The summed E-state index contributed by atoms with van der Waals surface area (Å²) in [6, 6.07) is 0.260. The highest BCUT2D eigenvalue weighted by Gasteiger charge is 2.39. The molecule has 2 atom stereocenters. The molecule has 2 aromatic rings. The fourth-order valence-corrected chi connectivity index (χ4v) is 3.07. The lowest BCUT2D eigenvalue weighted by Crippen LogP contribution is -2.41. The van der Waals surface area contributed by atoms with Crippen molar-refractivity contribution in [3.63, 3.8) is 0 Å². The van der Waals surface area contributed by atoms with Crippen LogP contribution in [0.5, 0.6) is 0 Å². The molecule has 6 nitrogen and oxygen atoms in total. The first kappa shape index (κ1) is 10.8. The molecule has 2 fully saturated rings. The van der Waals surface area contributed by atoms with Crippen molar-refractivity contribution in [1.82, 2.24) is 19.3 Å². The van der Waals surface area contributed by atoms with E-state index in [-0.39, 0.29) is 18.1 Å². The van der Waals surface area contributed by atoms with Gasteiger partial charge in [-0.25, -0.2) is 9.78 Å². The summed E-state index contributed by atoms with van der Waals surface area (Å²) >= 11 is 0. The Hall–Kier alpha value is -2.11. The second kappa shape index (κ2) is 3.94. The minimum atomic E-state index is -0.184. The van der Waals surface area contributed by atoms with Crippen molar-refractivity contribution in [2.75, 3.05) is 13.2 Å². The molecule has 2 aliphatic heterocycles. The molecule has 0 bridgehead atoms. The number of carbonyl (C=O) groups is 1. The number of amides is 1. The number of hydrogen-bond acceptors (Lipinski definition) is 4. The largest absolute Gasteiger partial charge is 0.447 e. The number of cyclic esters (lactones) is 1. The van der Waals surface area contributed by atoms with E-state index in [0.717, 1.165) is 24.1 Å². The van der Waals surface area contributed by atoms with Gasteiger partial charge in [0.05, 0.1) is 29.8 Å². The van der Waals surface area contributed by atoms with Crippen LogP contribution in [0.3, 0.4) is 0 Å². The van der Waals surface area contributed by atoms with Crippen molar-refractivity contribution in [1.29, 1.82) is 0 Å². The molecule has 4 heterocycles. The first-order chi connectivity index (χ1) is 9.33. The zero-order valence-corrected chi connectivity index (χ0v) is 10.4. The van der Waals surface area contributed by atoms with E-state index in [0.29, 0.717) is 13.2 Å². The summed E-state index contributed by atoms with van der Waals surface area (Å²) in [7, 11) is 0. The topological polar surface area (TPSA) is 59.7 Å². The number of rotatable bonds is 1. The third-order valence-electron chi connectivity index (χ3n) is 4.10. The number of carbonyl (C=O) groups excluding carboxylic acids is 1. The molecule has 0 aliphatic carbocycles. The van der Waals surface area contributed by atoms with E-state index in [1.54, 1.807) is 12.5 Å². The summed E-state index contributed by atoms with van der Waals surface area (Å²) in [5.74, 6) is 0.274. The molecule has 98 valence electrons. The summed E-state index contributed by atoms with van der Waals surface area (Å²) in [6.45, 7) is 1.24. The molecule has 2 saturated heterocycles. The second-order valence-electron chi connectivity index (χ2n) is 5.16. The molecule has 0 unspecified atom stereocenters. The van der Waals surface area contributed by atoms with Crippen LogP contribution >= 0.6 is 0 Å². The summed E-state index contributed by atoms with van der Waals surface area (Å²) in [6.07, 6.45) is 9.11. The highest BCUT2D eigenvalue weighted by molar-refractivity contribution is 5.70. The summed E-state index contributed by atoms with van der Waals surface area (Å²) in [4.78, 5) is 22.2. The van der Waals surface area contributed by atoms with Gasteiger partial charge < -0.3 is 14.0 Å². The van der Waals surface area contributed by atoms with Gasteiger partial charge in [0, 0.05) is 24.9 Å². The Kier molecular flexibility index (Phi) is 2.24. The Morgan fingerprint density at radius 2 is 2.32 bits per heavy atom. The Bertz CT molecular complexity index is 638. The van der Waals surface area contributed by atoms with Crippen LogP contribution in [0.15, 0.2) is 24.9 Å². The molecule has 2 aromatic heterocycles. The molecule has 4 rings (SSSR count). The average molecular weight is 258 g/mol. The summed E-state index contributed by atoms with van der Waals surface area (Å²) < 4.78 is 7.07. The van der Waals surface area contributed by atoms with Crippen molar-refractivity contribution in [3.8, 4) is 0 Å². The van der Waals surface area contributed by atoms with Crippen LogP contribution < -0.4 is 0 Å². The van der Waals surface area contributed by atoms with E-state index >= 15 is 0 Å². The van der Waals surface area contributed by atoms with Crippen molar-refractivity contribution >= 4 is 11.6 Å². The zero-order chi connectivity index (χ0) is 12.8. The van der Waals surface area contributed by atoms with Crippen LogP contribution in [0.4, 0.5) is 4.79 Å². The summed E-state index contributed by atoms with van der Waals surface area (Å²) in [5.41, 5.74) is 2.06. The predicted molar refractivity (Wildman–Crippen MR) is 66.8 cm³/mol. The van der Waals surface area contributed by atoms with Crippen LogP contribution in [-0.4, -0.2) is 44.6 Å². The van der Waals surface area contributed by atoms with Crippen molar-refractivity contribution < 1.29 is 9.53 Å². The third-order valence-corrected chi connectivity index (χ3v) is 4.10. The molecule has 0 spiro atoms. The molecule has 2 aliphatic rings. The normalized spacial score (nSPS) is 26.5. The summed E-state index contributed by atoms with van der Waals surface area (Å²) in [5, 5.41) is 0. The van der Waals surface area contributed by atoms with Gasteiger partial charge in [-0.3, -0.25) is 4.98 Å². The molecular formula is C13H14N4O2. The monoisotopic (exact) mass is 258 g/mol. The number of aromatic nitrogens is 3. The molecule has 1 amide bonds. The molecule has 19 heavy (non-hydrogen) atoms. The minimum Gasteiger partial charge on any atom is -0.447 e. The fourth-order valence-electron chi connectivity index (χ4n) is 3.07. The smallest absolute Gasteiger partial charge is 0.410 e. The molecule has 0 saturated carbocycles. The molecule has 0 aromatic carbocycles. The lowest BCUT2D eigenvalue weighted by molar-refractivity contribution is 0.150. The number of ether oxygens (including phenoxy) is 1. The number of hydrogen-bond donors (Lipinski definition) is 0. The molecule has 6 heteroatoms. The minimum absolute atomic E-state index is 0.184. The van der Waals surface area contributed by atoms with E-state index in [9.17, 15) is 4.79 Å². The fraction of sp³-hybridized carbons (Fsp3) is 0.462. The standard InChI is InChI=1S/C13H14N4O2/c18-13-17-6-9(1-2-10(17)7-19-13)12-11-5-14-3-4-16(11)8-15-12/h3-5,8-10H,1-2,6-7H2/t9-,10+/m0/s1. The lowest BCUT2D eigenvalue weighted by atomic mass is 9.91. The number of piperidine rings is 1. The van der Waals surface area contributed by atoms with Crippen LogP contribution in [-0.2, 0) is 4.74 Å². The second-order valence-corrected chi connectivity index (χ2v) is 5.16. The van der Waals surface area contributed by atoms with E-state index in [4.69, 9.17) is 4.74 Å². The van der Waals surface area contributed by atoms with Crippen LogP contribution in [0.2, 0.25) is 0 Å². The maximum atomic E-state index is 11.7. The SMILES string of the molecule is O=C1OC[C@H]2CC[C@H](c3ncn4ccncc34)CN12. The maximum absolute atomic E-state index is 11.7. The maximum Gasteiger partial charge on any atom is 0.410 e. The third kappa shape index (κ3) is 1.59. The van der Waals surface area contributed by atoms with Gasteiger partial charge in [-0.15, -0.1) is 0 Å². The van der Waals surface area contributed by atoms with Gasteiger partial charge in [-0.2, -0.15) is 0 Å². The first-order valence-electron chi connectivity index (χ1n) is 6.53. The Morgan fingerprint density at radius 3 is 3.26 bits per heavy atom. The van der Waals surface area contributed by atoms with Gasteiger partial charge in [0.15, 0.2) is 0 Å². The van der Waals surface area contributed by atoms with Crippen molar-refractivity contribution in [2.24, 2.45) is 0 Å². The number of nitrogens with zero attached hydrogens (tertiary/aromatic N) is 4. The quantitative estimate of drug-likeness (QED) is 0.776. The van der Waals surface area contributed by atoms with Crippen LogP contribution in [0.25, 0.3) is 5.52 Å². The Morgan fingerprint density at radius 1 is 1.37 bits per heavy atom.